The van der Waals surface area contributed by atoms with E-state index in [1.165, 1.54) is 24.2 Å². The Hall–Kier alpha value is -2.28. The van der Waals surface area contributed by atoms with E-state index in [-0.39, 0.29) is 5.91 Å². The zero-order valence-corrected chi connectivity index (χ0v) is 12.2. The van der Waals surface area contributed by atoms with Gasteiger partial charge in [0.15, 0.2) is 0 Å². The molecule has 2 heterocycles. The maximum atomic E-state index is 12.3. The molecule has 1 amide bonds. The molecule has 0 aliphatic heterocycles. The number of aryl methyl sites for hydroxylation is 1. The lowest BCUT2D eigenvalue weighted by Crippen LogP contribution is -2.11. The Morgan fingerprint density at radius 2 is 2.24 bits per heavy atom. The topological polar surface area (TPSA) is 83.6 Å². The highest BCUT2D eigenvalue weighted by Crippen LogP contribution is 2.42. The number of H-pyrrole nitrogens is 1. The lowest BCUT2D eigenvalue weighted by atomic mass is 10.2. The van der Waals surface area contributed by atoms with Crippen LogP contribution in [-0.2, 0) is 0 Å². The fourth-order valence-electron chi connectivity index (χ4n) is 2.23. The van der Waals surface area contributed by atoms with Crippen molar-refractivity contribution < 1.29 is 4.79 Å². The standard InChI is InChI=1S/C14H13N5OS/c1-7-15-10-5-4-9(6-11(10)16-7)12(20)17-14-19-18-13(21-14)8-2-3-8/h4-6,8H,2-3H2,1H3,(H,15,16)(H,17,19,20). The van der Waals surface area contributed by atoms with Gasteiger partial charge in [-0.1, -0.05) is 11.3 Å². The molecule has 0 unspecified atom stereocenters. The Bertz CT molecular complexity index is 833. The summed E-state index contributed by atoms with van der Waals surface area (Å²) in [4.78, 5) is 19.7. The van der Waals surface area contributed by atoms with Crippen molar-refractivity contribution in [3.63, 3.8) is 0 Å². The number of anilines is 1. The quantitative estimate of drug-likeness (QED) is 0.779. The number of hydrogen-bond donors (Lipinski definition) is 2. The monoisotopic (exact) mass is 299 g/mol. The van der Waals surface area contributed by atoms with Gasteiger partial charge in [-0.2, -0.15) is 0 Å². The van der Waals surface area contributed by atoms with Crippen molar-refractivity contribution in [2.75, 3.05) is 5.32 Å². The van der Waals surface area contributed by atoms with Crippen LogP contribution in [0.15, 0.2) is 18.2 Å². The summed E-state index contributed by atoms with van der Waals surface area (Å²) in [6, 6.07) is 5.40. The van der Waals surface area contributed by atoms with Gasteiger partial charge in [0.1, 0.15) is 10.8 Å². The van der Waals surface area contributed by atoms with Crippen LogP contribution in [-0.4, -0.2) is 26.1 Å². The SMILES string of the molecule is Cc1nc2ccc(C(=O)Nc3nnc(C4CC4)s3)cc2[nH]1. The van der Waals surface area contributed by atoms with Gasteiger partial charge in [0.05, 0.1) is 11.0 Å². The minimum atomic E-state index is -0.178. The van der Waals surface area contributed by atoms with E-state index < -0.39 is 0 Å². The summed E-state index contributed by atoms with van der Waals surface area (Å²) in [7, 11) is 0. The Morgan fingerprint density at radius 3 is 3.05 bits per heavy atom. The van der Waals surface area contributed by atoms with Gasteiger partial charge in [0.25, 0.3) is 5.91 Å². The second-order valence-corrected chi connectivity index (χ2v) is 6.24. The summed E-state index contributed by atoms with van der Waals surface area (Å²) in [5, 5.41) is 12.5. The molecule has 0 bridgehead atoms. The van der Waals surface area contributed by atoms with Gasteiger partial charge in [-0.25, -0.2) is 4.98 Å². The van der Waals surface area contributed by atoms with Gasteiger partial charge >= 0.3 is 0 Å². The van der Waals surface area contributed by atoms with Crippen LogP contribution in [0.4, 0.5) is 5.13 Å². The fourth-order valence-corrected chi connectivity index (χ4v) is 3.14. The molecule has 1 aromatic carbocycles. The van der Waals surface area contributed by atoms with Gasteiger partial charge in [-0.3, -0.25) is 10.1 Å². The van der Waals surface area contributed by atoms with Crippen LogP contribution in [0.25, 0.3) is 11.0 Å². The number of amides is 1. The molecule has 0 saturated heterocycles. The molecule has 6 nitrogen and oxygen atoms in total. The molecule has 1 aliphatic carbocycles. The molecule has 7 heteroatoms. The first kappa shape index (κ1) is 12.5. The van der Waals surface area contributed by atoms with Crippen molar-refractivity contribution in [1.29, 1.82) is 0 Å². The molecule has 1 saturated carbocycles. The smallest absolute Gasteiger partial charge is 0.257 e. The highest BCUT2D eigenvalue weighted by atomic mass is 32.1. The minimum absolute atomic E-state index is 0.178. The number of nitrogens with zero attached hydrogens (tertiary/aromatic N) is 3. The third-order valence-electron chi connectivity index (χ3n) is 3.45. The van der Waals surface area contributed by atoms with E-state index in [2.05, 4.69) is 25.5 Å². The average Bonchev–Trinajstić information content (AvgIpc) is 3.09. The number of aromatic amines is 1. The summed E-state index contributed by atoms with van der Waals surface area (Å²) in [5.74, 6) is 1.21. The van der Waals surface area contributed by atoms with Crippen molar-refractivity contribution in [2.45, 2.75) is 25.7 Å². The lowest BCUT2D eigenvalue weighted by molar-refractivity contribution is 0.102. The first-order valence-corrected chi connectivity index (χ1v) is 7.62. The molecule has 0 atom stereocenters. The molecule has 21 heavy (non-hydrogen) atoms. The number of fused-ring (bicyclic) bond motifs is 1. The molecule has 1 aliphatic rings. The number of hydrogen-bond acceptors (Lipinski definition) is 5. The van der Waals surface area contributed by atoms with E-state index in [0.29, 0.717) is 16.6 Å². The van der Waals surface area contributed by atoms with Crippen molar-refractivity contribution in [1.82, 2.24) is 20.2 Å². The van der Waals surface area contributed by atoms with E-state index in [9.17, 15) is 4.79 Å². The van der Waals surface area contributed by atoms with E-state index in [0.717, 1.165) is 21.9 Å². The predicted molar refractivity (Wildman–Crippen MR) is 80.7 cm³/mol. The van der Waals surface area contributed by atoms with Crippen molar-refractivity contribution in [3.8, 4) is 0 Å². The van der Waals surface area contributed by atoms with Crippen LogP contribution in [0.5, 0.6) is 0 Å². The molecule has 2 aromatic heterocycles. The maximum Gasteiger partial charge on any atom is 0.257 e. The number of aromatic nitrogens is 4. The normalized spacial score (nSPS) is 14.5. The molecular weight excluding hydrogens is 286 g/mol. The zero-order valence-electron chi connectivity index (χ0n) is 11.4. The van der Waals surface area contributed by atoms with Gasteiger partial charge < -0.3 is 4.98 Å². The molecular formula is C14H13N5OS. The Labute approximate surface area is 124 Å². The molecule has 0 radical (unpaired) electrons. The van der Waals surface area contributed by atoms with Gasteiger partial charge in [0.2, 0.25) is 5.13 Å². The Morgan fingerprint density at radius 1 is 1.38 bits per heavy atom. The highest BCUT2D eigenvalue weighted by Gasteiger charge is 2.27. The number of benzene rings is 1. The lowest BCUT2D eigenvalue weighted by Gasteiger charge is -2.00. The van der Waals surface area contributed by atoms with E-state index >= 15 is 0 Å². The number of nitrogens with one attached hydrogen (secondary N) is 2. The summed E-state index contributed by atoms with van der Waals surface area (Å²) in [5.41, 5.74) is 2.29. The van der Waals surface area contributed by atoms with Gasteiger partial charge in [-0.15, -0.1) is 10.2 Å². The number of carbonyl (C=O) groups is 1. The highest BCUT2D eigenvalue weighted by molar-refractivity contribution is 7.15. The molecule has 2 N–H and O–H groups in total. The average molecular weight is 299 g/mol. The first-order valence-electron chi connectivity index (χ1n) is 6.80. The summed E-state index contributed by atoms with van der Waals surface area (Å²) >= 11 is 1.46. The van der Waals surface area contributed by atoms with E-state index in [4.69, 9.17) is 0 Å². The number of rotatable bonds is 3. The van der Waals surface area contributed by atoms with Crippen LogP contribution >= 0.6 is 11.3 Å². The minimum Gasteiger partial charge on any atom is -0.342 e. The fraction of sp³-hybridized carbons (Fsp3) is 0.286. The molecule has 4 rings (SSSR count). The molecule has 106 valence electrons. The summed E-state index contributed by atoms with van der Waals surface area (Å²) in [6.45, 7) is 1.89. The third kappa shape index (κ3) is 2.40. The van der Waals surface area contributed by atoms with Gasteiger partial charge in [0, 0.05) is 11.5 Å². The maximum absolute atomic E-state index is 12.3. The zero-order chi connectivity index (χ0) is 14.4. The molecule has 1 fully saturated rings. The van der Waals surface area contributed by atoms with Gasteiger partial charge in [-0.05, 0) is 38.0 Å². The number of carbonyl (C=O) groups excluding carboxylic acids is 1. The van der Waals surface area contributed by atoms with Crippen LogP contribution in [0.1, 0.15) is 39.9 Å². The molecule has 0 spiro atoms. The Kier molecular flexibility index (Phi) is 2.75. The van der Waals surface area contributed by atoms with Crippen LogP contribution in [0.3, 0.4) is 0 Å². The van der Waals surface area contributed by atoms with Crippen LogP contribution in [0.2, 0.25) is 0 Å². The molecule has 3 aromatic rings. The van der Waals surface area contributed by atoms with E-state index in [1.54, 1.807) is 12.1 Å². The third-order valence-corrected chi connectivity index (χ3v) is 4.45. The largest absolute Gasteiger partial charge is 0.342 e. The number of imidazole rings is 1. The summed E-state index contributed by atoms with van der Waals surface area (Å²) < 4.78 is 0. The van der Waals surface area contributed by atoms with Crippen LogP contribution in [0, 0.1) is 6.92 Å². The first-order chi connectivity index (χ1) is 10.2. The van der Waals surface area contributed by atoms with Crippen molar-refractivity contribution in [2.24, 2.45) is 0 Å². The van der Waals surface area contributed by atoms with E-state index in [1.807, 2.05) is 13.0 Å². The summed E-state index contributed by atoms with van der Waals surface area (Å²) in [6.07, 6.45) is 2.36. The predicted octanol–water partition coefficient (Wildman–Crippen LogP) is 2.85. The second kappa shape index (κ2) is 4.63. The van der Waals surface area contributed by atoms with Crippen molar-refractivity contribution in [3.05, 3.63) is 34.6 Å². The Balaban J connectivity index is 1.56. The van der Waals surface area contributed by atoms with Crippen molar-refractivity contribution >= 4 is 33.4 Å². The second-order valence-electron chi connectivity index (χ2n) is 5.23. The van der Waals surface area contributed by atoms with Crippen LogP contribution < -0.4 is 5.32 Å².